The molecule has 3 heteroatoms. The van der Waals surface area contributed by atoms with Gasteiger partial charge in [-0.2, -0.15) is 0 Å². The summed E-state index contributed by atoms with van der Waals surface area (Å²) in [6, 6.07) is 6.00. The average molecular weight is 311 g/mol. The van der Waals surface area contributed by atoms with Crippen LogP contribution in [0.3, 0.4) is 0 Å². The number of rotatable bonds is 2. The number of fused-ring (bicyclic) bond motifs is 2. The molecule has 122 valence electrons. The third-order valence-electron chi connectivity index (χ3n) is 6.25. The second-order valence-corrected chi connectivity index (χ2v) is 7.46. The first-order valence-electron chi connectivity index (χ1n) is 9.04. The van der Waals surface area contributed by atoms with Crippen LogP contribution in [-0.4, -0.2) is 17.1 Å². The first-order valence-corrected chi connectivity index (χ1v) is 9.04. The number of hydrogen-bond acceptors (Lipinski definition) is 3. The Hall–Kier alpha value is -1.64. The smallest absolute Gasteiger partial charge is 0.309 e. The third kappa shape index (κ3) is 2.71. The summed E-state index contributed by atoms with van der Waals surface area (Å²) in [6.45, 7) is 2.08. The second kappa shape index (κ2) is 6.10. The molecule has 0 bridgehead atoms. The van der Waals surface area contributed by atoms with E-state index in [4.69, 9.17) is 4.74 Å². The number of ether oxygens (including phenoxy) is 1. The van der Waals surface area contributed by atoms with Crippen LogP contribution in [0.15, 0.2) is 30.5 Å². The Bertz CT molecular complexity index is 597. The van der Waals surface area contributed by atoms with E-state index in [2.05, 4.69) is 24.1 Å². The van der Waals surface area contributed by atoms with Gasteiger partial charge in [-0.25, -0.2) is 0 Å². The number of aromatic nitrogens is 1. The highest BCUT2D eigenvalue weighted by Crippen LogP contribution is 2.53. The number of allylic oxidation sites excluding steroid dienone is 1. The van der Waals surface area contributed by atoms with Gasteiger partial charge in [0.1, 0.15) is 6.10 Å². The monoisotopic (exact) mass is 311 g/mol. The standard InChI is InChI=1S/C20H25NO2/c1-13-19-17(10-9-15-7-4-5-11-21-15)16-8-3-2-6-14(16)12-18(19)20(22)23-13/h4-5,7,9-11,13-14,16-19H,2-3,6,8,12H2,1H3/b10-9+/t13-,14+,16-,17?,18-,19+/m1/s1. The molecule has 0 amide bonds. The predicted molar refractivity (Wildman–Crippen MR) is 89.4 cm³/mol. The lowest BCUT2D eigenvalue weighted by atomic mass is 9.57. The maximum absolute atomic E-state index is 12.3. The van der Waals surface area contributed by atoms with Gasteiger partial charge in [-0.15, -0.1) is 0 Å². The summed E-state index contributed by atoms with van der Waals surface area (Å²) in [5, 5.41) is 0. The first kappa shape index (κ1) is 14.9. The van der Waals surface area contributed by atoms with E-state index in [0.29, 0.717) is 23.7 Å². The molecule has 0 aromatic carbocycles. The van der Waals surface area contributed by atoms with E-state index in [-0.39, 0.29) is 18.0 Å². The van der Waals surface area contributed by atoms with Crippen LogP contribution in [0.25, 0.3) is 6.08 Å². The van der Waals surface area contributed by atoms with Gasteiger partial charge in [-0.05, 0) is 55.7 Å². The van der Waals surface area contributed by atoms with Crippen molar-refractivity contribution in [1.29, 1.82) is 0 Å². The maximum atomic E-state index is 12.3. The van der Waals surface area contributed by atoms with Crippen molar-refractivity contribution in [2.45, 2.75) is 45.1 Å². The van der Waals surface area contributed by atoms with Gasteiger partial charge in [-0.3, -0.25) is 9.78 Å². The molecule has 2 heterocycles. The highest BCUT2D eigenvalue weighted by molar-refractivity contribution is 5.75. The first-order chi connectivity index (χ1) is 11.2. The van der Waals surface area contributed by atoms with Crippen LogP contribution in [0.1, 0.15) is 44.7 Å². The lowest BCUT2D eigenvalue weighted by molar-refractivity contribution is -0.144. The van der Waals surface area contributed by atoms with E-state index in [1.807, 2.05) is 24.4 Å². The van der Waals surface area contributed by atoms with Crippen molar-refractivity contribution in [1.82, 2.24) is 4.98 Å². The molecule has 1 aromatic rings. The van der Waals surface area contributed by atoms with Crippen molar-refractivity contribution >= 4 is 12.0 Å². The molecule has 1 aromatic heterocycles. The molecule has 3 aliphatic rings. The van der Waals surface area contributed by atoms with Crippen LogP contribution < -0.4 is 0 Å². The fraction of sp³-hybridized carbons (Fsp3) is 0.600. The minimum atomic E-state index is 0.0442. The minimum Gasteiger partial charge on any atom is -0.462 e. The molecule has 6 atom stereocenters. The molecule has 23 heavy (non-hydrogen) atoms. The van der Waals surface area contributed by atoms with Gasteiger partial charge in [0.2, 0.25) is 0 Å². The molecule has 0 radical (unpaired) electrons. The summed E-state index contributed by atoms with van der Waals surface area (Å²) >= 11 is 0. The lowest BCUT2D eigenvalue weighted by Crippen LogP contribution is -2.42. The number of esters is 1. The van der Waals surface area contributed by atoms with E-state index in [1.54, 1.807) is 0 Å². The number of nitrogens with zero attached hydrogens (tertiary/aromatic N) is 1. The number of carbonyl (C=O) groups is 1. The SMILES string of the molecule is C[C@H]1OC(=O)[C@@H]2C[C@@H]3CCCC[C@H]3C(/C=C/c3ccccn3)[C@H]12. The minimum absolute atomic E-state index is 0.0442. The van der Waals surface area contributed by atoms with Crippen LogP contribution in [0.4, 0.5) is 0 Å². The zero-order chi connectivity index (χ0) is 15.8. The summed E-state index contributed by atoms with van der Waals surface area (Å²) in [5.74, 6) is 2.36. The van der Waals surface area contributed by atoms with Gasteiger partial charge in [0, 0.05) is 12.1 Å². The van der Waals surface area contributed by atoms with Gasteiger partial charge >= 0.3 is 5.97 Å². The molecule has 1 saturated heterocycles. The Morgan fingerprint density at radius 2 is 2.13 bits per heavy atom. The van der Waals surface area contributed by atoms with Gasteiger partial charge in [-0.1, -0.05) is 31.4 Å². The van der Waals surface area contributed by atoms with E-state index in [1.165, 1.54) is 25.7 Å². The van der Waals surface area contributed by atoms with Crippen molar-refractivity contribution in [2.75, 3.05) is 0 Å². The predicted octanol–water partition coefficient (Wildman–Crippen LogP) is 4.10. The van der Waals surface area contributed by atoms with Crippen molar-refractivity contribution in [3.8, 4) is 0 Å². The molecule has 0 N–H and O–H groups in total. The summed E-state index contributed by atoms with van der Waals surface area (Å²) in [6.07, 6.45) is 12.6. The molecule has 2 aliphatic carbocycles. The fourth-order valence-electron chi connectivity index (χ4n) is 5.27. The number of cyclic esters (lactones) is 1. The number of hydrogen-bond donors (Lipinski definition) is 0. The van der Waals surface area contributed by atoms with Crippen molar-refractivity contribution in [2.24, 2.45) is 29.6 Å². The molecule has 0 spiro atoms. The zero-order valence-electron chi connectivity index (χ0n) is 13.7. The van der Waals surface area contributed by atoms with Crippen LogP contribution in [0.5, 0.6) is 0 Å². The molecule has 3 fully saturated rings. The highest BCUT2D eigenvalue weighted by Gasteiger charge is 2.53. The van der Waals surface area contributed by atoms with Crippen LogP contribution in [-0.2, 0) is 9.53 Å². The lowest BCUT2D eigenvalue weighted by Gasteiger charge is -2.45. The molecular formula is C20H25NO2. The summed E-state index contributed by atoms with van der Waals surface area (Å²) in [4.78, 5) is 16.7. The van der Waals surface area contributed by atoms with Crippen molar-refractivity contribution in [3.05, 3.63) is 36.2 Å². The Labute approximate surface area is 138 Å². The van der Waals surface area contributed by atoms with Crippen LogP contribution in [0.2, 0.25) is 0 Å². The quantitative estimate of drug-likeness (QED) is 0.772. The second-order valence-electron chi connectivity index (χ2n) is 7.46. The summed E-state index contributed by atoms with van der Waals surface area (Å²) < 4.78 is 5.61. The molecule has 2 saturated carbocycles. The zero-order valence-corrected chi connectivity index (χ0v) is 13.7. The largest absolute Gasteiger partial charge is 0.462 e. The molecular weight excluding hydrogens is 286 g/mol. The Kier molecular flexibility index (Phi) is 3.96. The average Bonchev–Trinajstić information content (AvgIpc) is 2.87. The number of carbonyl (C=O) groups excluding carboxylic acids is 1. The normalized spacial score (nSPS) is 39.8. The van der Waals surface area contributed by atoms with E-state index < -0.39 is 0 Å². The third-order valence-corrected chi connectivity index (χ3v) is 6.25. The Morgan fingerprint density at radius 1 is 1.26 bits per heavy atom. The van der Waals surface area contributed by atoms with Crippen molar-refractivity contribution < 1.29 is 9.53 Å². The van der Waals surface area contributed by atoms with Crippen molar-refractivity contribution in [3.63, 3.8) is 0 Å². The van der Waals surface area contributed by atoms with Gasteiger partial charge < -0.3 is 4.74 Å². The van der Waals surface area contributed by atoms with E-state index >= 15 is 0 Å². The van der Waals surface area contributed by atoms with Gasteiger partial charge in [0.05, 0.1) is 11.6 Å². The Morgan fingerprint density at radius 3 is 2.96 bits per heavy atom. The summed E-state index contributed by atoms with van der Waals surface area (Å²) in [7, 11) is 0. The maximum Gasteiger partial charge on any atom is 0.309 e. The number of pyridine rings is 1. The topological polar surface area (TPSA) is 39.2 Å². The van der Waals surface area contributed by atoms with Gasteiger partial charge in [0.15, 0.2) is 0 Å². The fourth-order valence-corrected chi connectivity index (χ4v) is 5.27. The molecule has 1 aliphatic heterocycles. The van der Waals surface area contributed by atoms with Crippen LogP contribution >= 0.6 is 0 Å². The van der Waals surface area contributed by atoms with E-state index in [9.17, 15) is 4.79 Å². The molecule has 3 nitrogen and oxygen atoms in total. The Balaban J connectivity index is 1.64. The molecule has 1 unspecified atom stereocenters. The highest BCUT2D eigenvalue weighted by atomic mass is 16.6. The van der Waals surface area contributed by atoms with Gasteiger partial charge in [0.25, 0.3) is 0 Å². The summed E-state index contributed by atoms with van der Waals surface area (Å²) in [5.41, 5.74) is 1.000. The van der Waals surface area contributed by atoms with E-state index in [0.717, 1.165) is 12.1 Å². The molecule has 4 rings (SSSR count). The van der Waals surface area contributed by atoms with Crippen LogP contribution in [0, 0.1) is 29.6 Å².